The standard InChI is InChI=1S/C34H47N3O4S/c1-5-20-35(24-14-10-8-11-15-24)31(39)28-27-18-19-34(42-27)29(28)32(40)37(26(22-38)23(4)7-3)30(34)33(41)36(21-6-2)25-16-12-9-13-17-25/h5-6,8,10-11,14-15,23,25-30,38H,1-2,7,9,12-13,16-22H2,3-4H3/t23-,26-,27+,28-,29-,30?,34?/m0/s1. The summed E-state index contributed by atoms with van der Waals surface area (Å²) in [6, 6.07) is 8.48. The molecule has 1 aromatic rings. The summed E-state index contributed by atoms with van der Waals surface area (Å²) in [5.41, 5.74) is 0.779. The molecule has 0 radical (unpaired) electrons. The molecule has 8 heteroatoms. The van der Waals surface area contributed by atoms with Crippen LogP contribution in [0.4, 0.5) is 5.69 Å². The maximum Gasteiger partial charge on any atom is 0.247 e. The van der Waals surface area contributed by atoms with Crippen LogP contribution in [0.1, 0.15) is 65.2 Å². The van der Waals surface area contributed by atoms with E-state index in [0.717, 1.165) is 44.2 Å². The molecule has 3 heterocycles. The van der Waals surface area contributed by atoms with Gasteiger partial charge in [0.25, 0.3) is 0 Å². The zero-order valence-electron chi connectivity index (χ0n) is 25.2. The Hall–Kier alpha value is -2.58. The van der Waals surface area contributed by atoms with Crippen LogP contribution in [0.15, 0.2) is 55.6 Å². The Balaban J connectivity index is 1.58. The summed E-state index contributed by atoms with van der Waals surface area (Å²) in [6.07, 6.45) is 11.0. The summed E-state index contributed by atoms with van der Waals surface area (Å²) < 4.78 is -0.690. The van der Waals surface area contributed by atoms with Crippen molar-refractivity contribution in [2.75, 3.05) is 24.6 Å². The first-order valence-corrected chi connectivity index (χ1v) is 16.7. The van der Waals surface area contributed by atoms with Crippen molar-refractivity contribution in [2.45, 2.75) is 93.3 Å². The van der Waals surface area contributed by atoms with Gasteiger partial charge in [-0.25, -0.2) is 0 Å². The Morgan fingerprint density at radius 3 is 2.40 bits per heavy atom. The number of amides is 3. The number of aliphatic hydroxyl groups is 1. The Bertz CT molecular complexity index is 1170. The van der Waals surface area contributed by atoms with Crippen LogP contribution in [0, 0.1) is 17.8 Å². The molecular weight excluding hydrogens is 546 g/mol. The fourth-order valence-corrected chi connectivity index (χ4v) is 10.4. The highest BCUT2D eigenvalue weighted by Crippen LogP contribution is 2.67. The molecule has 0 aromatic heterocycles. The fraction of sp³-hybridized carbons (Fsp3) is 0.618. The van der Waals surface area contributed by atoms with E-state index in [2.05, 4.69) is 20.1 Å². The fourth-order valence-electron chi connectivity index (χ4n) is 8.17. The molecule has 7 atom stereocenters. The summed E-state index contributed by atoms with van der Waals surface area (Å²) >= 11 is 1.70. The molecule has 1 N–H and O–H groups in total. The van der Waals surface area contributed by atoms with Gasteiger partial charge in [-0.2, -0.15) is 0 Å². The molecule has 1 saturated carbocycles. The van der Waals surface area contributed by atoms with Gasteiger partial charge in [-0.1, -0.05) is 69.9 Å². The molecule has 1 spiro atoms. The maximum atomic E-state index is 14.9. The number of thioether (sulfide) groups is 1. The van der Waals surface area contributed by atoms with E-state index in [1.165, 1.54) is 6.42 Å². The lowest BCUT2D eigenvalue weighted by Gasteiger charge is -2.43. The number of hydrogen-bond donors (Lipinski definition) is 1. The lowest BCUT2D eigenvalue weighted by atomic mass is 9.70. The van der Waals surface area contributed by atoms with E-state index in [4.69, 9.17) is 0 Å². The van der Waals surface area contributed by atoms with Gasteiger partial charge < -0.3 is 19.8 Å². The van der Waals surface area contributed by atoms with Crippen molar-refractivity contribution in [3.63, 3.8) is 0 Å². The zero-order valence-corrected chi connectivity index (χ0v) is 26.0. The van der Waals surface area contributed by atoms with Gasteiger partial charge in [0.1, 0.15) is 6.04 Å². The van der Waals surface area contributed by atoms with Crippen LogP contribution in [0.5, 0.6) is 0 Å². The average molecular weight is 594 g/mol. The Morgan fingerprint density at radius 2 is 1.79 bits per heavy atom. The normalized spacial score (nSPS) is 30.1. The first-order chi connectivity index (χ1) is 20.3. The molecular formula is C34H47N3O4S. The van der Waals surface area contributed by atoms with E-state index in [1.54, 1.807) is 33.7 Å². The zero-order chi connectivity index (χ0) is 30.0. The lowest BCUT2D eigenvalue weighted by Crippen LogP contribution is -2.60. The van der Waals surface area contributed by atoms with Crippen LogP contribution < -0.4 is 4.90 Å². The highest BCUT2D eigenvalue weighted by Gasteiger charge is 2.75. The molecule has 5 rings (SSSR count). The molecule has 2 unspecified atom stereocenters. The molecule has 3 amide bonds. The number of carbonyl (C=O) groups is 3. The number of likely N-dealkylation sites (tertiary alicyclic amines) is 1. The van der Waals surface area contributed by atoms with Gasteiger partial charge in [-0.05, 0) is 43.7 Å². The topological polar surface area (TPSA) is 81.2 Å². The van der Waals surface area contributed by atoms with Gasteiger partial charge >= 0.3 is 0 Å². The monoisotopic (exact) mass is 593 g/mol. The van der Waals surface area contributed by atoms with Crippen molar-refractivity contribution in [1.82, 2.24) is 9.80 Å². The van der Waals surface area contributed by atoms with E-state index in [-0.39, 0.29) is 41.5 Å². The summed E-state index contributed by atoms with van der Waals surface area (Å²) in [5, 5.41) is 10.7. The molecule has 3 aliphatic heterocycles. The quantitative estimate of drug-likeness (QED) is 0.343. The summed E-state index contributed by atoms with van der Waals surface area (Å²) in [6.45, 7) is 12.5. The summed E-state index contributed by atoms with van der Waals surface area (Å²) in [4.78, 5) is 49.5. The number of fused-ring (bicyclic) bond motifs is 1. The Kier molecular flexibility index (Phi) is 9.53. The highest BCUT2D eigenvalue weighted by atomic mass is 32.2. The second kappa shape index (κ2) is 13.0. The second-order valence-corrected chi connectivity index (χ2v) is 14.2. The van der Waals surface area contributed by atoms with Crippen molar-refractivity contribution in [3.8, 4) is 0 Å². The molecule has 1 aliphatic carbocycles. The number of carbonyl (C=O) groups excluding carboxylic acids is 3. The number of anilines is 1. The maximum absolute atomic E-state index is 14.9. The van der Waals surface area contributed by atoms with E-state index in [0.29, 0.717) is 19.5 Å². The minimum absolute atomic E-state index is 0.00458. The van der Waals surface area contributed by atoms with Crippen molar-refractivity contribution in [2.24, 2.45) is 17.8 Å². The third kappa shape index (κ3) is 5.12. The lowest BCUT2D eigenvalue weighted by molar-refractivity contribution is -0.148. The van der Waals surface area contributed by atoms with Crippen LogP contribution in [-0.2, 0) is 14.4 Å². The second-order valence-electron chi connectivity index (χ2n) is 12.6. The SMILES string of the molecule is C=CCN(C(=O)[C@@H]1[C@H]2C(=O)N([C@@H](CO)[C@@H](C)CC)C(C(=O)N(CC=C)C3CCCCC3)C23CC[C@H]1S3)c1ccccc1. The number of aliphatic hydroxyl groups excluding tert-OH is 1. The van der Waals surface area contributed by atoms with Gasteiger partial charge in [0.05, 0.1) is 29.2 Å². The Labute approximate surface area is 255 Å². The highest BCUT2D eigenvalue weighted by molar-refractivity contribution is 8.02. The molecule has 4 fully saturated rings. The average Bonchev–Trinajstić information content (AvgIpc) is 3.67. The predicted molar refractivity (Wildman–Crippen MR) is 169 cm³/mol. The van der Waals surface area contributed by atoms with Crippen molar-refractivity contribution >= 4 is 35.2 Å². The minimum atomic E-state index is -0.708. The number of benzene rings is 1. The smallest absolute Gasteiger partial charge is 0.247 e. The molecule has 1 aromatic carbocycles. The van der Waals surface area contributed by atoms with Gasteiger partial charge in [-0.3, -0.25) is 14.4 Å². The Morgan fingerprint density at radius 1 is 1.10 bits per heavy atom. The summed E-state index contributed by atoms with van der Waals surface area (Å²) in [5.74, 6) is -1.39. The number of nitrogens with zero attached hydrogens (tertiary/aromatic N) is 3. The van der Waals surface area contributed by atoms with Crippen LogP contribution in [-0.4, -0.2) is 80.4 Å². The largest absolute Gasteiger partial charge is 0.394 e. The molecule has 42 heavy (non-hydrogen) atoms. The molecule has 228 valence electrons. The van der Waals surface area contributed by atoms with E-state index >= 15 is 0 Å². The van der Waals surface area contributed by atoms with Gasteiger partial charge in [0, 0.05) is 30.1 Å². The summed E-state index contributed by atoms with van der Waals surface area (Å²) in [7, 11) is 0. The number of hydrogen-bond acceptors (Lipinski definition) is 5. The van der Waals surface area contributed by atoms with Crippen molar-refractivity contribution < 1.29 is 19.5 Å². The number of rotatable bonds is 12. The van der Waals surface area contributed by atoms with Crippen molar-refractivity contribution in [3.05, 3.63) is 55.6 Å². The van der Waals surface area contributed by atoms with Crippen LogP contribution in [0.2, 0.25) is 0 Å². The van der Waals surface area contributed by atoms with Crippen LogP contribution in [0.25, 0.3) is 0 Å². The molecule has 7 nitrogen and oxygen atoms in total. The molecule has 4 aliphatic rings. The van der Waals surface area contributed by atoms with E-state index in [9.17, 15) is 19.5 Å². The van der Waals surface area contributed by atoms with Gasteiger partial charge in [0.2, 0.25) is 17.7 Å². The third-order valence-electron chi connectivity index (χ3n) is 10.4. The van der Waals surface area contributed by atoms with Gasteiger partial charge in [-0.15, -0.1) is 24.9 Å². The predicted octanol–water partition coefficient (Wildman–Crippen LogP) is 5.05. The first-order valence-electron chi connectivity index (χ1n) is 15.8. The van der Waals surface area contributed by atoms with Crippen LogP contribution >= 0.6 is 11.8 Å². The van der Waals surface area contributed by atoms with Crippen molar-refractivity contribution in [1.29, 1.82) is 0 Å². The van der Waals surface area contributed by atoms with E-state index in [1.807, 2.05) is 42.2 Å². The first kappa shape index (κ1) is 30.9. The molecule has 2 bridgehead atoms. The van der Waals surface area contributed by atoms with Gasteiger partial charge in [0.15, 0.2) is 0 Å². The minimum Gasteiger partial charge on any atom is -0.394 e. The van der Waals surface area contributed by atoms with Crippen LogP contribution in [0.3, 0.4) is 0 Å². The third-order valence-corrected chi connectivity index (χ3v) is 12.3. The van der Waals surface area contributed by atoms with E-state index < -0.39 is 28.7 Å². The molecule has 3 saturated heterocycles. The number of para-hydroxylation sites is 1.